The summed E-state index contributed by atoms with van der Waals surface area (Å²) in [5.74, 6) is -0.269. The first kappa shape index (κ1) is 14.3. The lowest BCUT2D eigenvalue weighted by atomic mass is 10.1. The van der Waals surface area contributed by atoms with E-state index in [-0.39, 0.29) is 11.8 Å². The summed E-state index contributed by atoms with van der Waals surface area (Å²) in [6.07, 6.45) is 0.549. The van der Waals surface area contributed by atoms with Gasteiger partial charge in [0.25, 0.3) is 5.91 Å². The highest BCUT2D eigenvalue weighted by atomic mass is 16.2. The number of hydrogen-bond donors (Lipinski definition) is 1. The summed E-state index contributed by atoms with van der Waals surface area (Å²) < 4.78 is 0. The largest absolute Gasteiger partial charge is 0.357 e. The van der Waals surface area contributed by atoms with Crippen molar-refractivity contribution in [3.05, 3.63) is 65.2 Å². The van der Waals surface area contributed by atoms with Crippen LogP contribution in [0.4, 0.5) is 5.69 Å². The van der Waals surface area contributed by atoms with E-state index in [2.05, 4.69) is 5.32 Å². The van der Waals surface area contributed by atoms with Crippen molar-refractivity contribution in [3.63, 3.8) is 0 Å². The summed E-state index contributed by atoms with van der Waals surface area (Å²) in [5, 5.41) is 2.66. The molecule has 3 rings (SSSR count). The third-order valence-electron chi connectivity index (χ3n) is 4.12. The van der Waals surface area contributed by atoms with Crippen LogP contribution in [0.1, 0.15) is 21.5 Å². The molecule has 0 saturated heterocycles. The summed E-state index contributed by atoms with van der Waals surface area (Å²) in [5.41, 5.74) is 3.39. The van der Waals surface area contributed by atoms with E-state index in [4.69, 9.17) is 0 Å². The van der Waals surface area contributed by atoms with Crippen LogP contribution in [0.15, 0.2) is 48.5 Å². The molecule has 1 atom stereocenters. The van der Waals surface area contributed by atoms with Gasteiger partial charge in [-0.15, -0.1) is 0 Å². The molecule has 0 radical (unpaired) electrons. The number of anilines is 1. The van der Waals surface area contributed by atoms with Crippen LogP contribution in [-0.2, 0) is 11.2 Å². The van der Waals surface area contributed by atoms with Crippen molar-refractivity contribution < 1.29 is 9.59 Å². The molecule has 2 amide bonds. The van der Waals surface area contributed by atoms with Gasteiger partial charge in [-0.2, -0.15) is 0 Å². The summed E-state index contributed by atoms with van der Waals surface area (Å²) in [4.78, 5) is 26.8. The van der Waals surface area contributed by atoms with Crippen molar-refractivity contribution in [2.45, 2.75) is 19.4 Å². The van der Waals surface area contributed by atoms with Crippen molar-refractivity contribution in [3.8, 4) is 0 Å². The minimum Gasteiger partial charge on any atom is -0.357 e. The summed E-state index contributed by atoms with van der Waals surface area (Å²) in [6.45, 7) is 1.91. The van der Waals surface area contributed by atoms with Crippen LogP contribution in [0.3, 0.4) is 0 Å². The number of nitrogens with zero attached hydrogens (tertiary/aromatic N) is 1. The Bertz CT molecular complexity index is 739. The minimum atomic E-state index is -0.491. The number of hydrogen-bond acceptors (Lipinski definition) is 2. The monoisotopic (exact) mass is 294 g/mol. The van der Waals surface area contributed by atoms with Crippen molar-refractivity contribution >= 4 is 17.5 Å². The molecular weight excluding hydrogens is 276 g/mol. The molecule has 4 heteroatoms. The number of amides is 2. The molecule has 1 aliphatic heterocycles. The van der Waals surface area contributed by atoms with Crippen LogP contribution in [0.5, 0.6) is 0 Å². The zero-order valence-corrected chi connectivity index (χ0v) is 12.7. The topological polar surface area (TPSA) is 49.4 Å². The number of carbonyl (C=O) groups is 2. The number of aryl methyl sites for hydroxylation is 1. The van der Waals surface area contributed by atoms with Gasteiger partial charge in [-0.3, -0.25) is 14.5 Å². The Morgan fingerprint density at radius 1 is 1.09 bits per heavy atom. The van der Waals surface area contributed by atoms with E-state index < -0.39 is 6.04 Å². The molecule has 0 saturated carbocycles. The predicted octanol–water partition coefficient (Wildman–Crippen LogP) is 2.31. The number of likely N-dealkylation sites (N-methyl/N-ethyl adjacent to an activating group) is 1. The second-order valence-electron chi connectivity index (χ2n) is 5.45. The second-order valence-corrected chi connectivity index (χ2v) is 5.45. The maximum atomic E-state index is 13.0. The van der Waals surface area contributed by atoms with Gasteiger partial charge < -0.3 is 5.32 Å². The van der Waals surface area contributed by atoms with E-state index in [0.717, 1.165) is 16.8 Å². The summed E-state index contributed by atoms with van der Waals surface area (Å²) >= 11 is 0. The van der Waals surface area contributed by atoms with E-state index in [1.807, 2.05) is 49.4 Å². The molecular formula is C18H18N2O2. The molecule has 0 aromatic heterocycles. The van der Waals surface area contributed by atoms with E-state index >= 15 is 0 Å². The van der Waals surface area contributed by atoms with E-state index in [9.17, 15) is 9.59 Å². The van der Waals surface area contributed by atoms with Gasteiger partial charge in [0.1, 0.15) is 6.04 Å². The van der Waals surface area contributed by atoms with Crippen LogP contribution < -0.4 is 10.2 Å². The zero-order valence-electron chi connectivity index (χ0n) is 12.7. The van der Waals surface area contributed by atoms with E-state index in [1.54, 1.807) is 18.0 Å². The van der Waals surface area contributed by atoms with Gasteiger partial charge in [-0.1, -0.05) is 36.4 Å². The maximum Gasteiger partial charge on any atom is 0.259 e. The second kappa shape index (κ2) is 5.64. The van der Waals surface area contributed by atoms with E-state index in [1.165, 1.54) is 0 Å². The van der Waals surface area contributed by atoms with Crippen molar-refractivity contribution in [2.75, 3.05) is 11.9 Å². The SMILES string of the molecule is CNC(=O)C1Cc2ccccc2N1C(=O)c1ccccc1C. The molecule has 0 fully saturated rings. The van der Waals surface area contributed by atoms with Crippen molar-refractivity contribution in [1.29, 1.82) is 0 Å². The summed E-state index contributed by atoms with van der Waals surface area (Å²) in [6, 6.07) is 14.7. The average molecular weight is 294 g/mol. The lowest BCUT2D eigenvalue weighted by molar-refractivity contribution is -0.121. The fraction of sp³-hybridized carbons (Fsp3) is 0.222. The molecule has 2 aromatic rings. The van der Waals surface area contributed by atoms with Gasteiger partial charge in [0.05, 0.1) is 0 Å². The van der Waals surface area contributed by atoms with Crippen LogP contribution >= 0.6 is 0 Å². The molecule has 1 unspecified atom stereocenters. The Morgan fingerprint density at radius 2 is 1.77 bits per heavy atom. The number of rotatable bonds is 2. The third kappa shape index (κ3) is 2.26. The van der Waals surface area contributed by atoms with Gasteiger partial charge in [0.2, 0.25) is 5.91 Å². The maximum absolute atomic E-state index is 13.0. The fourth-order valence-corrected chi connectivity index (χ4v) is 2.96. The number of para-hydroxylation sites is 1. The lowest BCUT2D eigenvalue weighted by Gasteiger charge is -2.25. The highest BCUT2D eigenvalue weighted by Crippen LogP contribution is 2.33. The van der Waals surface area contributed by atoms with Crippen LogP contribution in [-0.4, -0.2) is 24.9 Å². The molecule has 22 heavy (non-hydrogen) atoms. The van der Waals surface area contributed by atoms with Gasteiger partial charge in [-0.25, -0.2) is 0 Å². The standard InChI is InChI=1S/C18H18N2O2/c1-12-7-3-5-9-14(12)18(22)20-15-10-6-4-8-13(15)11-16(20)17(21)19-2/h3-10,16H,11H2,1-2H3,(H,19,21). The smallest absolute Gasteiger partial charge is 0.259 e. The highest BCUT2D eigenvalue weighted by Gasteiger charge is 2.38. The van der Waals surface area contributed by atoms with Gasteiger partial charge in [-0.05, 0) is 30.2 Å². The first-order chi connectivity index (χ1) is 10.6. The average Bonchev–Trinajstić information content (AvgIpc) is 2.93. The van der Waals surface area contributed by atoms with E-state index in [0.29, 0.717) is 12.0 Å². The molecule has 0 spiro atoms. The highest BCUT2D eigenvalue weighted by molar-refractivity contribution is 6.12. The third-order valence-corrected chi connectivity index (χ3v) is 4.12. The molecule has 1 N–H and O–H groups in total. The Hall–Kier alpha value is -2.62. The minimum absolute atomic E-state index is 0.128. The molecule has 1 aliphatic rings. The van der Waals surface area contributed by atoms with Gasteiger partial charge >= 0.3 is 0 Å². The first-order valence-corrected chi connectivity index (χ1v) is 7.32. The van der Waals surface area contributed by atoms with Crippen molar-refractivity contribution in [1.82, 2.24) is 5.32 Å². The number of fused-ring (bicyclic) bond motifs is 1. The Morgan fingerprint density at radius 3 is 2.50 bits per heavy atom. The quantitative estimate of drug-likeness (QED) is 0.924. The summed E-state index contributed by atoms with van der Waals surface area (Å²) in [7, 11) is 1.60. The predicted molar refractivity (Wildman–Crippen MR) is 86.0 cm³/mol. The van der Waals surface area contributed by atoms with Crippen LogP contribution in [0.2, 0.25) is 0 Å². The fourth-order valence-electron chi connectivity index (χ4n) is 2.96. The molecule has 1 heterocycles. The Labute approximate surface area is 129 Å². The molecule has 0 aliphatic carbocycles. The molecule has 4 nitrogen and oxygen atoms in total. The number of nitrogens with one attached hydrogen (secondary N) is 1. The molecule has 0 bridgehead atoms. The molecule has 112 valence electrons. The van der Waals surface area contributed by atoms with Crippen LogP contribution in [0, 0.1) is 6.92 Å². The number of benzene rings is 2. The number of carbonyl (C=O) groups excluding carboxylic acids is 2. The first-order valence-electron chi connectivity index (χ1n) is 7.32. The lowest BCUT2D eigenvalue weighted by Crippen LogP contribution is -2.47. The Kier molecular flexibility index (Phi) is 3.67. The van der Waals surface area contributed by atoms with Gasteiger partial charge in [0, 0.05) is 24.7 Å². The van der Waals surface area contributed by atoms with Gasteiger partial charge in [0.15, 0.2) is 0 Å². The Balaban J connectivity index is 2.07. The zero-order chi connectivity index (χ0) is 15.7. The van der Waals surface area contributed by atoms with Crippen molar-refractivity contribution in [2.24, 2.45) is 0 Å². The normalized spacial score (nSPS) is 16.3. The molecule has 2 aromatic carbocycles. The van der Waals surface area contributed by atoms with Crippen LogP contribution in [0.25, 0.3) is 0 Å².